The van der Waals surface area contributed by atoms with Crippen molar-refractivity contribution in [2.75, 3.05) is 6.61 Å². The van der Waals surface area contributed by atoms with Crippen LogP contribution in [0.1, 0.15) is 80.7 Å². The quantitative estimate of drug-likeness (QED) is 0.595. The zero-order chi connectivity index (χ0) is 22.5. The molecule has 0 fully saturated rings. The summed E-state index contributed by atoms with van der Waals surface area (Å²) >= 11 is 0. The number of nitrogens with one attached hydrogen (secondary N) is 2. The van der Waals surface area contributed by atoms with Crippen LogP contribution in [0.4, 0.5) is 4.79 Å². The van der Waals surface area contributed by atoms with E-state index in [1.807, 2.05) is 45.9 Å². The van der Waals surface area contributed by atoms with Crippen molar-refractivity contribution in [1.29, 1.82) is 0 Å². The molecule has 0 unspecified atom stereocenters. The minimum absolute atomic E-state index is 0.0231. The summed E-state index contributed by atoms with van der Waals surface area (Å²) in [4.78, 5) is 24.9. The third-order valence-corrected chi connectivity index (χ3v) is 5.11. The first-order valence-electron chi connectivity index (χ1n) is 10.4. The molecule has 0 spiro atoms. The number of rotatable bonds is 9. The zero-order valence-corrected chi connectivity index (χ0v) is 19.7. The minimum Gasteiger partial charge on any atom is -0.450 e. The predicted molar refractivity (Wildman–Crippen MR) is 119 cm³/mol. The molecule has 0 aliphatic heterocycles. The van der Waals surface area contributed by atoms with Crippen LogP contribution in [-0.4, -0.2) is 29.7 Å². The molecule has 164 valence electrons. The first-order valence-corrected chi connectivity index (χ1v) is 10.4. The number of hydrogen-bond donors (Lipinski definition) is 2. The fourth-order valence-electron chi connectivity index (χ4n) is 4.29. The van der Waals surface area contributed by atoms with Crippen LogP contribution < -0.4 is 10.6 Å². The summed E-state index contributed by atoms with van der Waals surface area (Å²) < 4.78 is 4.98. The van der Waals surface area contributed by atoms with Gasteiger partial charge in [0.05, 0.1) is 6.61 Å². The van der Waals surface area contributed by atoms with Gasteiger partial charge in [-0.05, 0) is 58.4 Å². The molecule has 0 radical (unpaired) electrons. The Hall–Kier alpha value is -2.04. The second-order valence-electron chi connectivity index (χ2n) is 10.6. The Labute approximate surface area is 177 Å². The minimum atomic E-state index is -0.656. The molecule has 0 bridgehead atoms. The molecule has 0 aliphatic carbocycles. The molecule has 1 aromatic carbocycles. The highest BCUT2D eigenvalue weighted by Gasteiger charge is 2.39. The maximum absolute atomic E-state index is 13.1. The average molecular weight is 405 g/mol. The van der Waals surface area contributed by atoms with Gasteiger partial charge in [0.2, 0.25) is 5.91 Å². The summed E-state index contributed by atoms with van der Waals surface area (Å²) in [5, 5.41) is 6.09. The summed E-state index contributed by atoms with van der Waals surface area (Å²) in [6, 6.07) is 10.4. The monoisotopic (exact) mass is 404 g/mol. The Balaban J connectivity index is 2.82. The average Bonchev–Trinajstić information content (AvgIpc) is 2.52. The summed E-state index contributed by atoms with van der Waals surface area (Å²) in [7, 11) is 0. The summed E-state index contributed by atoms with van der Waals surface area (Å²) in [5.74, 6) is -0.0231. The molecule has 0 aromatic heterocycles. The largest absolute Gasteiger partial charge is 0.450 e. The van der Waals surface area contributed by atoms with Gasteiger partial charge >= 0.3 is 6.09 Å². The number of carbonyl (C=O) groups excluding carboxylic acids is 2. The molecule has 5 heteroatoms. The molecule has 29 heavy (non-hydrogen) atoms. The normalized spacial score (nSPS) is 13.0. The van der Waals surface area contributed by atoms with Gasteiger partial charge in [-0.3, -0.25) is 4.79 Å². The van der Waals surface area contributed by atoms with Crippen molar-refractivity contribution in [3.8, 4) is 0 Å². The topological polar surface area (TPSA) is 67.4 Å². The fourth-order valence-corrected chi connectivity index (χ4v) is 4.29. The lowest BCUT2D eigenvalue weighted by Gasteiger charge is -2.40. The third kappa shape index (κ3) is 8.08. The van der Waals surface area contributed by atoms with Crippen LogP contribution in [0.2, 0.25) is 0 Å². The van der Waals surface area contributed by atoms with Gasteiger partial charge < -0.3 is 15.4 Å². The van der Waals surface area contributed by atoms with Crippen molar-refractivity contribution in [2.45, 2.75) is 91.6 Å². The molecule has 1 aromatic rings. The Morgan fingerprint density at radius 2 is 1.34 bits per heavy atom. The zero-order valence-electron chi connectivity index (χ0n) is 19.7. The Morgan fingerprint density at radius 3 is 1.86 bits per heavy atom. The van der Waals surface area contributed by atoms with Crippen LogP contribution in [0.15, 0.2) is 30.3 Å². The van der Waals surface area contributed by atoms with Crippen molar-refractivity contribution in [2.24, 2.45) is 5.41 Å². The van der Waals surface area contributed by atoms with Crippen LogP contribution in [0.5, 0.6) is 0 Å². The molecule has 2 amide bonds. The van der Waals surface area contributed by atoms with E-state index >= 15 is 0 Å². The van der Waals surface area contributed by atoms with E-state index in [0.29, 0.717) is 13.0 Å². The first kappa shape index (κ1) is 25.0. The van der Waals surface area contributed by atoms with Gasteiger partial charge in [0.15, 0.2) is 0 Å². The molecular weight excluding hydrogens is 364 g/mol. The van der Waals surface area contributed by atoms with Crippen LogP contribution in [0.3, 0.4) is 0 Å². The van der Waals surface area contributed by atoms with E-state index in [9.17, 15) is 9.59 Å². The predicted octanol–water partition coefficient (Wildman–Crippen LogP) is 5.19. The van der Waals surface area contributed by atoms with Gasteiger partial charge in [0.25, 0.3) is 0 Å². The number of benzene rings is 1. The molecular formula is C24H40N2O3. The van der Waals surface area contributed by atoms with E-state index in [-0.39, 0.29) is 16.9 Å². The number of hydrogen-bond acceptors (Lipinski definition) is 3. The van der Waals surface area contributed by atoms with Crippen molar-refractivity contribution in [3.63, 3.8) is 0 Å². The van der Waals surface area contributed by atoms with Crippen molar-refractivity contribution in [1.82, 2.24) is 10.6 Å². The number of ether oxygens (including phenoxy) is 1. The van der Waals surface area contributed by atoms with E-state index in [4.69, 9.17) is 4.74 Å². The lowest BCUT2D eigenvalue weighted by molar-refractivity contribution is -0.132. The molecule has 0 saturated heterocycles. The van der Waals surface area contributed by atoms with E-state index in [2.05, 4.69) is 50.5 Å². The summed E-state index contributed by atoms with van der Waals surface area (Å²) in [6.07, 6.45) is 0.831. The number of amides is 2. The molecule has 0 heterocycles. The molecule has 2 N–H and O–H groups in total. The van der Waals surface area contributed by atoms with Crippen molar-refractivity contribution >= 4 is 12.0 Å². The van der Waals surface area contributed by atoms with E-state index in [1.54, 1.807) is 6.92 Å². The molecule has 0 atom stereocenters. The lowest BCUT2D eigenvalue weighted by Crippen LogP contribution is -2.54. The fraction of sp³-hybridized carbons (Fsp3) is 0.667. The summed E-state index contributed by atoms with van der Waals surface area (Å²) in [6.45, 7) is 18.2. The Morgan fingerprint density at radius 1 is 0.828 bits per heavy atom. The summed E-state index contributed by atoms with van der Waals surface area (Å²) in [5.41, 5.74) is -0.432. The number of alkyl carbamates (subject to hydrolysis) is 1. The van der Waals surface area contributed by atoms with Gasteiger partial charge in [-0.25, -0.2) is 4.79 Å². The highest BCUT2D eigenvalue weighted by Crippen LogP contribution is 2.34. The Bertz CT molecular complexity index is 691. The van der Waals surface area contributed by atoms with Crippen LogP contribution >= 0.6 is 0 Å². The highest BCUT2D eigenvalue weighted by molar-refractivity contribution is 5.82. The standard InChI is InChI=1S/C24H40N2O3/c1-10-29-20(28)26-24(8,9)17-22(4,5)19(27)25-23(6,7)16-21(2,3)18-14-12-11-13-15-18/h11-15H,10,16-17H2,1-9H3,(H,25,27)(H,26,28). The maximum Gasteiger partial charge on any atom is 0.407 e. The van der Waals surface area contributed by atoms with Crippen molar-refractivity contribution in [3.05, 3.63) is 35.9 Å². The highest BCUT2D eigenvalue weighted by atomic mass is 16.5. The Kier molecular flexibility index (Phi) is 7.92. The molecule has 5 nitrogen and oxygen atoms in total. The first-order chi connectivity index (χ1) is 13.1. The van der Waals surface area contributed by atoms with Gasteiger partial charge in [0, 0.05) is 16.5 Å². The van der Waals surface area contributed by atoms with Gasteiger partial charge in [0.1, 0.15) is 0 Å². The van der Waals surface area contributed by atoms with Gasteiger partial charge in [-0.15, -0.1) is 0 Å². The third-order valence-electron chi connectivity index (χ3n) is 5.11. The van der Waals surface area contributed by atoms with Gasteiger partial charge in [-0.1, -0.05) is 58.0 Å². The smallest absolute Gasteiger partial charge is 0.407 e. The van der Waals surface area contributed by atoms with Crippen LogP contribution in [-0.2, 0) is 14.9 Å². The van der Waals surface area contributed by atoms with E-state index in [0.717, 1.165) is 6.42 Å². The van der Waals surface area contributed by atoms with Crippen molar-refractivity contribution < 1.29 is 14.3 Å². The van der Waals surface area contributed by atoms with E-state index < -0.39 is 17.0 Å². The van der Waals surface area contributed by atoms with Crippen LogP contribution in [0, 0.1) is 5.41 Å². The molecule has 0 aliphatic rings. The second kappa shape index (κ2) is 9.19. The lowest BCUT2D eigenvalue weighted by atomic mass is 9.74. The second-order valence-corrected chi connectivity index (χ2v) is 10.6. The SMILES string of the molecule is CCOC(=O)NC(C)(C)CC(C)(C)C(=O)NC(C)(C)CC(C)(C)c1ccccc1. The molecule has 0 saturated carbocycles. The maximum atomic E-state index is 13.1. The molecule has 1 rings (SSSR count). The van der Waals surface area contributed by atoms with Crippen LogP contribution in [0.25, 0.3) is 0 Å². The number of carbonyl (C=O) groups is 2. The van der Waals surface area contributed by atoms with Gasteiger partial charge in [-0.2, -0.15) is 0 Å². The van der Waals surface area contributed by atoms with E-state index in [1.165, 1.54) is 5.56 Å².